The van der Waals surface area contributed by atoms with Gasteiger partial charge in [0.15, 0.2) is 6.23 Å². The fourth-order valence-electron chi connectivity index (χ4n) is 4.21. The number of aromatic nitrogens is 1. The van der Waals surface area contributed by atoms with Crippen LogP contribution in [0.1, 0.15) is 28.6 Å². The fourth-order valence-corrected chi connectivity index (χ4v) is 4.21. The number of fused-ring (bicyclic) bond motifs is 6. The van der Waals surface area contributed by atoms with Gasteiger partial charge in [0.1, 0.15) is 0 Å². The Bertz CT molecular complexity index is 1230. The Balaban J connectivity index is 1.64. The molecule has 134 valence electrons. The zero-order valence-corrected chi connectivity index (χ0v) is 15.2. The minimum Gasteiger partial charge on any atom is -0.349 e. The normalized spacial score (nSPS) is 17.5. The molecule has 6 rings (SSSR count). The van der Waals surface area contributed by atoms with Crippen LogP contribution in [0, 0.1) is 0 Å². The van der Waals surface area contributed by atoms with Crippen LogP contribution < -0.4 is 4.90 Å². The first-order valence-corrected chi connectivity index (χ1v) is 9.54. The van der Waals surface area contributed by atoms with Crippen molar-refractivity contribution in [2.24, 2.45) is 0 Å². The Hall–Kier alpha value is -3.43. The third-order valence-corrected chi connectivity index (χ3v) is 5.54. The maximum atomic E-state index is 6.38. The highest BCUT2D eigenvalue weighted by atomic mass is 16.5. The number of hydrogen-bond donors (Lipinski definition) is 0. The van der Waals surface area contributed by atoms with Crippen molar-refractivity contribution in [1.82, 2.24) is 4.98 Å². The van der Waals surface area contributed by atoms with Crippen LogP contribution in [0.3, 0.4) is 0 Å². The van der Waals surface area contributed by atoms with Crippen LogP contribution in [0.25, 0.3) is 22.7 Å². The van der Waals surface area contributed by atoms with Crippen LogP contribution in [0.5, 0.6) is 0 Å². The lowest BCUT2D eigenvalue weighted by atomic mass is 9.96. The van der Waals surface area contributed by atoms with Crippen LogP contribution in [0.4, 0.5) is 5.69 Å². The number of benzene rings is 3. The number of hydrogen-bond acceptors (Lipinski definition) is 3. The summed E-state index contributed by atoms with van der Waals surface area (Å²) in [5.74, 6) is 0. The van der Waals surface area contributed by atoms with E-state index in [-0.39, 0.29) is 6.23 Å². The van der Waals surface area contributed by atoms with Crippen LogP contribution in [-0.4, -0.2) is 4.98 Å². The molecule has 3 nitrogen and oxygen atoms in total. The van der Waals surface area contributed by atoms with E-state index >= 15 is 0 Å². The molecule has 3 aromatic carbocycles. The van der Waals surface area contributed by atoms with Crippen LogP contribution in [-0.2, 0) is 11.3 Å². The van der Waals surface area contributed by atoms with E-state index < -0.39 is 0 Å². The summed E-state index contributed by atoms with van der Waals surface area (Å²) in [5.41, 5.74) is 7.80. The number of nitrogens with zero attached hydrogens (tertiary/aromatic N) is 2. The van der Waals surface area contributed by atoms with E-state index in [9.17, 15) is 0 Å². The van der Waals surface area contributed by atoms with Crippen molar-refractivity contribution >= 4 is 28.4 Å². The number of ether oxygens (including phenoxy) is 1. The van der Waals surface area contributed by atoms with Gasteiger partial charge < -0.3 is 9.64 Å². The summed E-state index contributed by atoms with van der Waals surface area (Å²) < 4.78 is 6.38. The molecule has 0 saturated carbocycles. The van der Waals surface area contributed by atoms with Crippen LogP contribution >= 0.6 is 0 Å². The van der Waals surface area contributed by atoms with Gasteiger partial charge >= 0.3 is 0 Å². The predicted molar refractivity (Wildman–Crippen MR) is 113 cm³/mol. The van der Waals surface area contributed by atoms with Crippen molar-refractivity contribution in [2.45, 2.75) is 12.8 Å². The second-order valence-corrected chi connectivity index (χ2v) is 7.21. The van der Waals surface area contributed by atoms with Crippen molar-refractivity contribution in [2.75, 3.05) is 4.90 Å². The second-order valence-electron chi connectivity index (χ2n) is 7.21. The molecule has 0 bridgehead atoms. The molecular weight excluding hydrogens is 344 g/mol. The van der Waals surface area contributed by atoms with E-state index in [1.165, 1.54) is 11.3 Å². The van der Waals surface area contributed by atoms with E-state index in [1.54, 1.807) is 0 Å². The van der Waals surface area contributed by atoms with Crippen molar-refractivity contribution in [1.29, 1.82) is 0 Å². The molecule has 0 amide bonds. The minimum atomic E-state index is -0.179. The summed E-state index contributed by atoms with van der Waals surface area (Å²) in [6.45, 7) is 0.603. The van der Waals surface area contributed by atoms with Gasteiger partial charge in [-0.25, -0.2) is 4.98 Å². The van der Waals surface area contributed by atoms with Crippen LogP contribution in [0.2, 0.25) is 0 Å². The third-order valence-electron chi connectivity index (χ3n) is 5.54. The van der Waals surface area contributed by atoms with Gasteiger partial charge in [-0.15, -0.1) is 0 Å². The monoisotopic (exact) mass is 362 g/mol. The van der Waals surface area contributed by atoms with E-state index in [0.717, 1.165) is 33.4 Å². The zero-order chi connectivity index (χ0) is 18.5. The highest BCUT2D eigenvalue weighted by Gasteiger charge is 2.36. The van der Waals surface area contributed by atoms with Gasteiger partial charge in [-0.1, -0.05) is 66.7 Å². The van der Waals surface area contributed by atoms with E-state index in [0.29, 0.717) is 6.61 Å². The number of pyridine rings is 1. The maximum Gasteiger partial charge on any atom is 0.163 e. The minimum absolute atomic E-state index is 0.179. The largest absolute Gasteiger partial charge is 0.349 e. The van der Waals surface area contributed by atoms with Crippen molar-refractivity contribution in [3.8, 4) is 0 Å². The Kier molecular flexibility index (Phi) is 3.37. The molecule has 1 unspecified atom stereocenters. The van der Waals surface area contributed by atoms with Gasteiger partial charge in [-0.05, 0) is 29.8 Å². The highest BCUT2D eigenvalue weighted by Crippen LogP contribution is 2.46. The van der Waals surface area contributed by atoms with Gasteiger partial charge in [0, 0.05) is 22.2 Å². The topological polar surface area (TPSA) is 25.4 Å². The lowest BCUT2D eigenvalue weighted by Gasteiger charge is -2.43. The van der Waals surface area contributed by atoms with Crippen molar-refractivity contribution in [3.63, 3.8) is 0 Å². The van der Waals surface area contributed by atoms with Gasteiger partial charge in [-0.3, -0.25) is 0 Å². The molecule has 0 radical (unpaired) electrons. The third kappa shape index (κ3) is 2.30. The molecule has 0 aliphatic carbocycles. The zero-order valence-electron chi connectivity index (χ0n) is 15.2. The Morgan fingerprint density at radius 1 is 0.857 bits per heavy atom. The van der Waals surface area contributed by atoms with Crippen LogP contribution in [0.15, 0.2) is 84.9 Å². The average molecular weight is 362 g/mol. The molecule has 1 aromatic heterocycles. The number of para-hydroxylation sites is 2. The smallest absolute Gasteiger partial charge is 0.163 e. The molecule has 4 aromatic rings. The molecule has 3 heteroatoms. The molecule has 1 atom stereocenters. The quantitative estimate of drug-likeness (QED) is 0.429. The summed E-state index contributed by atoms with van der Waals surface area (Å²) in [4.78, 5) is 7.27. The Labute approximate surface area is 163 Å². The lowest BCUT2D eigenvalue weighted by Crippen LogP contribution is -2.36. The van der Waals surface area contributed by atoms with Crippen molar-refractivity contribution < 1.29 is 4.74 Å². The second kappa shape index (κ2) is 6.04. The first-order chi connectivity index (χ1) is 13.9. The number of rotatable bonds is 1. The molecule has 28 heavy (non-hydrogen) atoms. The lowest BCUT2D eigenvalue weighted by molar-refractivity contribution is 0.0342. The molecule has 0 fully saturated rings. The predicted octanol–water partition coefficient (Wildman–Crippen LogP) is 5.78. The van der Waals surface area contributed by atoms with Gasteiger partial charge in [0.25, 0.3) is 0 Å². The average Bonchev–Trinajstić information content (AvgIpc) is 2.77. The SMILES string of the molecule is C1=C(c2ccccc2)N2c3ccccc3COC2c2cc3ccccc3nc21. The Morgan fingerprint density at radius 3 is 2.57 bits per heavy atom. The molecular formula is C25H18N2O. The van der Waals surface area contributed by atoms with E-state index in [4.69, 9.17) is 9.72 Å². The highest BCUT2D eigenvalue weighted by molar-refractivity contribution is 5.95. The first-order valence-electron chi connectivity index (χ1n) is 9.54. The van der Waals surface area contributed by atoms with Gasteiger partial charge in [0.05, 0.1) is 23.5 Å². The summed E-state index contributed by atoms with van der Waals surface area (Å²) in [6.07, 6.45) is 2.02. The van der Waals surface area contributed by atoms with E-state index in [1.807, 2.05) is 12.1 Å². The van der Waals surface area contributed by atoms with E-state index in [2.05, 4.69) is 83.8 Å². The standard InChI is InChI=1S/C25H18N2O/c1-2-8-17(9-3-1)24-15-22-20(14-18-10-4-6-12-21(18)26-22)25-27(24)23-13-7-5-11-19(23)16-28-25/h1-15,25H,16H2. The fraction of sp³-hybridized carbons (Fsp3) is 0.0800. The molecule has 3 heterocycles. The molecule has 0 saturated heterocycles. The molecule has 0 N–H and O–H groups in total. The summed E-state index contributed by atoms with van der Waals surface area (Å²) in [5, 5.41) is 1.14. The van der Waals surface area contributed by atoms with Gasteiger partial charge in [-0.2, -0.15) is 0 Å². The molecule has 0 spiro atoms. The molecule has 2 aliphatic rings. The van der Waals surface area contributed by atoms with Gasteiger partial charge in [0.2, 0.25) is 0 Å². The summed E-state index contributed by atoms with van der Waals surface area (Å²) in [6, 6.07) is 29.5. The summed E-state index contributed by atoms with van der Waals surface area (Å²) in [7, 11) is 0. The molecule has 2 aliphatic heterocycles. The van der Waals surface area contributed by atoms with Crippen molar-refractivity contribution in [3.05, 3.63) is 107 Å². The Morgan fingerprint density at radius 2 is 1.64 bits per heavy atom. The first kappa shape index (κ1) is 15.6. The summed E-state index contributed by atoms with van der Waals surface area (Å²) >= 11 is 0. The maximum absolute atomic E-state index is 6.38. The number of anilines is 1.